The number of aryl methyl sites for hydroxylation is 1. The third-order valence-electron chi connectivity index (χ3n) is 0.496. The molecule has 2 N–H and O–H groups in total. The topological polar surface area (TPSA) is 55.7 Å². The van der Waals surface area contributed by atoms with E-state index < -0.39 is 0 Å². The first-order valence-electron chi connectivity index (χ1n) is 1.75. The van der Waals surface area contributed by atoms with Crippen molar-refractivity contribution in [1.29, 1.82) is 0 Å². The van der Waals surface area contributed by atoms with Gasteiger partial charge in [-0.05, 0) is 0 Å². The van der Waals surface area contributed by atoms with E-state index in [9.17, 15) is 0 Å². The van der Waals surface area contributed by atoms with Crippen LogP contribution in [0.1, 0.15) is 0 Å². The van der Waals surface area contributed by atoms with Gasteiger partial charge in [0.25, 0.3) is 5.13 Å². The first kappa shape index (κ1) is 4.45. The fraction of sp³-hybridized carbons (Fsp3) is 0.500. The van der Waals surface area contributed by atoms with Gasteiger partial charge < -0.3 is 5.73 Å². The molecule has 4 nitrogen and oxygen atoms in total. The van der Waals surface area contributed by atoms with Crippen molar-refractivity contribution in [3.8, 4) is 0 Å². The first-order valence-corrected chi connectivity index (χ1v) is 2.52. The lowest BCUT2D eigenvalue weighted by atomic mass is 11.3. The number of hydrogen-bond acceptors (Lipinski definition) is 4. The second-order valence-corrected chi connectivity index (χ2v) is 1.86. The zero-order chi connectivity index (χ0) is 5.28. The third kappa shape index (κ3) is 0.833. The molecule has 0 radical (unpaired) electrons. The van der Waals surface area contributed by atoms with Crippen LogP contribution in [0.25, 0.3) is 0 Å². The van der Waals surface area contributed by atoms with E-state index >= 15 is 0 Å². The summed E-state index contributed by atoms with van der Waals surface area (Å²) in [4.78, 5) is 1.43. The van der Waals surface area contributed by atoms with Crippen molar-refractivity contribution in [3.63, 3.8) is 0 Å². The maximum atomic E-state index is 5.20. The average molecular weight is 117 g/mol. The second-order valence-electron chi connectivity index (χ2n) is 1.10. The Bertz CT molecular complexity index is 142. The number of aromatic nitrogens is 3. The highest BCUT2D eigenvalue weighted by Gasteiger charge is 1.97. The van der Waals surface area contributed by atoms with E-state index in [1.807, 2.05) is 0 Å². The van der Waals surface area contributed by atoms with E-state index in [2.05, 4.69) is 9.59 Å². The molecule has 7 heavy (non-hydrogen) atoms. The number of hydrogen-bond donors (Lipinski definition) is 1. The largest absolute Gasteiger partial charge is 0.369 e. The summed E-state index contributed by atoms with van der Waals surface area (Å²) in [6, 6.07) is 0. The Labute approximate surface area is 44.7 Å². The molecule has 1 rings (SSSR count). The minimum Gasteiger partial charge on any atom is -0.369 e. The molecule has 0 saturated carbocycles. The number of nitrogens with zero attached hydrogens (tertiary/aromatic N) is 3. The monoisotopic (exact) mass is 117 g/mol. The molecule has 5 heteroatoms. The van der Waals surface area contributed by atoms with Gasteiger partial charge in [-0.15, -0.1) is 0 Å². The van der Waals surface area contributed by atoms with E-state index in [1.54, 1.807) is 7.05 Å². The van der Waals surface area contributed by atoms with Gasteiger partial charge in [0.2, 0.25) is 0 Å². The van der Waals surface area contributed by atoms with Gasteiger partial charge in [0, 0.05) is 4.80 Å². The second kappa shape index (κ2) is 1.42. The number of nitrogens with two attached hydrogens (primary N) is 1. The van der Waals surface area contributed by atoms with Crippen molar-refractivity contribution < 1.29 is 4.80 Å². The van der Waals surface area contributed by atoms with E-state index in [4.69, 9.17) is 5.73 Å². The lowest BCUT2D eigenvalue weighted by molar-refractivity contribution is -0.777. The Morgan fingerprint density at radius 2 is 2.57 bits per heavy atom. The van der Waals surface area contributed by atoms with E-state index in [-0.39, 0.29) is 0 Å². The maximum Gasteiger partial charge on any atom is 0.272 e. The molecule has 1 aromatic rings. The first-order chi connectivity index (χ1) is 3.29. The number of nitrogen functional groups attached to an aromatic ring is 1. The Balaban J connectivity index is 3.04. The van der Waals surface area contributed by atoms with Gasteiger partial charge in [0.15, 0.2) is 7.05 Å². The normalized spacial score (nSPS) is 9.29. The van der Waals surface area contributed by atoms with Crippen LogP contribution in [0.4, 0.5) is 5.13 Å². The Hall–Kier alpha value is -0.710. The Kier molecular flexibility index (Phi) is 0.900. The summed E-state index contributed by atoms with van der Waals surface area (Å²) in [5.41, 5.74) is 5.20. The molecular formula is C2H5N4S+. The molecular weight excluding hydrogens is 112 g/mol. The maximum absolute atomic E-state index is 5.20. The fourth-order valence-electron chi connectivity index (χ4n) is 0.280. The molecule has 0 atom stereocenters. The summed E-state index contributed by atoms with van der Waals surface area (Å²) in [6.07, 6.45) is 0. The van der Waals surface area contributed by atoms with Gasteiger partial charge in [-0.3, -0.25) is 0 Å². The van der Waals surface area contributed by atoms with Gasteiger partial charge in [-0.1, -0.05) is 0 Å². The van der Waals surface area contributed by atoms with Crippen LogP contribution < -0.4 is 10.5 Å². The molecule has 0 spiro atoms. The molecule has 1 heterocycles. The summed E-state index contributed by atoms with van der Waals surface area (Å²) in [7, 11) is 1.73. The van der Waals surface area contributed by atoms with Crippen LogP contribution in [-0.4, -0.2) is 9.59 Å². The van der Waals surface area contributed by atoms with Gasteiger partial charge in [-0.2, -0.15) is 0 Å². The lowest BCUT2D eigenvalue weighted by Gasteiger charge is -1.60. The van der Waals surface area contributed by atoms with Crippen molar-refractivity contribution in [2.24, 2.45) is 7.05 Å². The summed E-state index contributed by atoms with van der Waals surface area (Å²) in [6.45, 7) is 0. The molecule has 1 aromatic heterocycles. The van der Waals surface area contributed by atoms with Crippen LogP contribution in [0.3, 0.4) is 0 Å². The quantitative estimate of drug-likeness (QED) is 0.441. The van der Waals surface area contributed by atoms with Gasteiger partial charge in [-0.25, -0.2) is 0 Å². The summed E-state index contributed by atoms with van der Waals surface area (Å²) >= 11 is 1.18. The highest BCUT2D eigenvalue weighted by atomic mass is 32.1. The highest BCUT2D eigenvalue weighted by Crippen LogP contribution is 1.92. The minimum absolute atomic E-state index is 0.502. The van der Waals surface area contributed by atoms with Crippen molar-refractivity contribution in [1.82, 2.24) is 9.59 Å². The molecule has 0 saturated heterocycles. The van der Waals surface area contributed by atoms with Crippen LogP contribution in [0.5, 0.6) is 0 Å². The van der Waals surface area contributed by atoms with E-state index in [1.165, 1.54) is 16.3 Å². The van der Waals surface area contributed by atoms with Crippen LogP contribution in [0.2, 0.25) is 0 Å². The van der Waals surface area contributed by atoms with Gasteiger partial charge >= 0.3 is 0 Å². The van der Waals surface area contributed by atoms with Crippen LogP contribution >= 0.6 is 11.5 Å². The SMILES string of the molecule is C[n+]1nsc(N)n1. The van der Waals surface area contributed by atoms with Gasteiger partial charge in [0.05, 0.1) is 21.1 Å². The molecule has 38 valence electrons. The van der Waals surface area contributed by atoms with E-state index in [0.29, 0.717) is 5.13 Å². The smallest absolute Gasteiger partial charge is 0.272 e. The molecule has 0 unspecified atom stereocenters. The average Bonchev–Trinajstić information content (AvgIpc) is 1.87. The molecule has 0 aliphatic carbocycles. The van der Waals surface area contributed by atoms with Gasteiger partial charge in [0.1, 0.15) is 0 Å². The zero-order valence-electron chi connectivity index (χ0n) is 3.83. The fourth-order valence-corrected chi connectivity index (χ4v) is 0.673. The molecule has 0 amide bonds. The third-order valence-corrected chi connectivity index (χ3v) is 1.08. The standard InChI is InChI=1S/C2H5N4S/c1-6-4-2(3)7-5-6/h1H3,(H2,3,4,5)/q+1. The van der Waals surface area contributed by atoms with Crippen molar-refractivity contribution in [3.05, 3.63) is 0 Å². The Morgan fingerprint density at radius 1 is 1.86 bits per heavy atom. The zero-order valence-corrected chi connectivity index (χ0v) is 4.64. The predicted molar refractivity (Wildman–Crippen MR) is 25.5 cm³/mol. The summed E-state index contributed by atoms with van der Waals surface area (Å²) in [5.74, 6) is 0. The van der Waals surface area contributed by atoms with Crippen molar-refractivity contribution >= 4 is 16.7 Å². The molecule has 0 aliphatic rings. The minimum atomic E-state index is 0.502. The lowest BCUT2D eigenvalue weighted by Crippen LogP contribution is -2.32. The van der Waals surface area contributed by atoms with Crippen molar-refractivity contribution in [2.75, 3.05) is 5.73 Å². The molecule has 0 aromatic carbocycles. The van der Waals surface area contributed by atoms with Crippen LogP contribution in [0.15, 0.2) is 0 Å². The number of rotatable bonds is 0. The molecule has 0 bridgehead atoms. The molecule has 0 aliphatic heterocycles. The van der Waals surface area contributed by atoms with E-state index in [0.717, 1.165) is 0 Å². The van der Waals surface area contributed by atoms with Crippen molar-refractivity contribution in [2.45, 2.75) is 0 Å². The summed E-state index contributed by atoms with van der Waals surface area (Å²) in [5, 5.41) is 4.22. The highest BCUT2D eigenvalue weighted by molar-refractivity contribution is 7.08. The summed E-state index contributed by atoms with van der Waals surface area (Å²) < 4.78 is 3.74. The number of anilines is 1. The van der Waals surface area contributed by atoms with Crippen LogP contribution in [-0.2, 0) is 7.05 Å². The predicted octanol–water partition coefficient (Wildman–Crippen LogP) is -1.06. The Morgan fingerprint density at radius 3 is 2.71 bits per heavy atom. The van der Waals surface area contributed by atoms with Crippen LogP contribution in [0, 0.1) is 0 Å². The molecule has 0 fully saturated rings.